The van der Waals surface area contributed by atoms with Crippen molar-refractivity contribution < 1.29 is 0 Å². The lowest BCUT2D eigenvalue weighted by atomic mass is 10.1. The van der Waals surface area contributed by atoms with Crippen molar-refractivity contribution in [1.82, 2.24) is 0 Å². The van der Waals surface area contributed by atoms with Crippen molar-refractivity contribution in [3.63, 3.8) is 0 Å². The highest BCUT2D eigenvalue weighted by Gasteiger charge is 2.01. The van der Waals surface area contributed by atoms with Crippen molar-refractivity contribution in [3.8, 4) is 12.3 Å². The van der Waals surface area contributed by atoms with Crippen LogP contribution < -0.4 is 0 Å². The lowest BCUT2D eigenvalue weighted by Crippen LogP contribution is -1.94. The molecule has 0 saturated heterocycles. The van der Waals surface area contributed by atoms with Gasteiger partial charge in [0.05, 0.1) is 10.7 Å². The van der Waals surface area contributed by atoms with Gasteiger partial charge in [-0.2, -0.15) is 0 Å². The number of allylic oxidation sites excluding steroid dienone is 2. The molecule has 0 amide bonds. The van der Waals surface area contributed by atoms with Crippen molar-refractivity contribution in [2.75, 3.05) is 0 Å². The Kier molecular flexibility index (Phi) is 3.50. The topological polar surface area (TPSA) is 23.9 Å². The van der Waals surface area contributed by atoms with Crippen molar-refractivity contribution in [2.24, 2.45) is 0 Å². The van der Waals surface area contributed by atoms with E-state index in [4.69, 9.17) is 23.4 Å². The molecule has 14 heavy (non-hydrogen) atoms. The van der Waals surface area contributed by atoms with Gasteiger partial charge in [-0.05, 0) is 25.1 Å². The summed E-state index contributed by atoms with van der Waals surface area (Å²) in [5.74, 6) is 2.47. The molecule has 70 valence electrons. The fourth-order valence-electron chi connectivity index (χ4n) is 1.06. The Balaban J connectivity index is 3.10. The summed E-state index contributed by atoms with van der Waals surface area (Å²) in [6.07, 6.45) is 8.75. The van der Waals surface area contributed by atoms with Gasteiger partial charge in [-0.3, -0.25) is 0 Å². The zero-order valence-corrected chi connectivity index (χ0v) is 8.60. The van der Waals surface area contributed by atoms with Crippen LogP contribution in [0.2, 0.25) is 5.02 Å². The van der Waals surface area contributed by atoms with Crippen molar-refractivity contribution in [2.45, 2.75) is 6.92 Å². The van der Waals surface area contributed by atoms with Crippen LogP contribution in [0, 0.1) is 17.8 Å². The number of hydrogen-bond donors (Lipinski definition) is 1. The molecule has 0 bridgehead atoms. The fourth-order valence-corrected chi connectivity index (χ4v) is 1.30. The molecule has 0 heterocycles. The summed E-state index contributed by atoms with van der Waals surface area (Å²) in [4.78, 5) is 0. The van der Waals surface area contributed by atoms with Crippen LogP contribution >= 0.6 is 11.6 Å². The van der Waals surface area contributed by atoms with E-state index in [0.717, 1.165) is 5.56 Å². The van der Waals surface area contributed by atoms with Gasteiger partial charge in [-0.25, -0.2) is 0 Å². The minimum Gasteiger partial charge on any atom is -0.300 e. The minimum absolute atomic E-state index is 0.429. The minimum atomic E-state index is 0.429. The molecule has 0 spiro atoms. The maximum absolute atomic E-state index is 7.66. The Morgan fingerprint density at radius 2 is 2.29 bits per heavy atom. The maximum Gasteiger partial charge on any atom is 0.0609 e. The average molecular weight is 204 g/mol. The Hall–Kier alpha value is -1.52. The highest BCUT2D eigenvalue weighted by atomic mass is 35.5. The molecule has 1 rings (SSSR count). The molecule has 0 aliphatic heterocycles. The molecule has 0 aliphatic carbocycles. The molecule has 1 aromatic rings. The van der Waals surface area contributed by atoms with Crippen LogP contribution in [0.3, 0.4) is 0 Å². The second-order valence-corrected chi connectivity index (χ2v) is 3.16. The number of benzene rings is 1. The van der Waals surface area contributed by atoms with Crippen LogP contribution in [0.4, 0.5) is 0 Å². The zero-order chi connectivity index (χ0) is 10.6. The second-order valence-electron chi connectivity index (χ2n) is 2.75. The number of hydrogen-bond acceptors (Lipinski definition) is 1. The number of rotatable bonds is 2. The van der Waals surface area contributed by atoms with Gasteiger partial charge in [0.1, 0.15) is 0 Å². The first-order valence-electron chi connectivity index (χ1n) is 4.17. The molecule has 0 radical (unpaired) electrons. The van der Waals surface area contributed by atoms with E-state index < -0.39 is 0 Å². The van der Waals surface area contributed by atoms with Gasteiger partial charge in [0.2, 0.25) is 0 Å². The summed E-state index contributed by atoms with van der Waals surface area (Å²) in [6.45, 7) is 1.87. The molecular formula is C12H10ClN. The normalized spacial score (nSPS) is 10.1. The predicted molar refractivity (Wildman–Crippen MR) is 61.0 cm³/mol. The first-order valence-corrected chi connectivity index (χ1v) is 4.54. The monoisotopic (exact) mass is 203 g/mol. The van der Waals surface area contributed by atoms with E-state index >= 15 is 0 Å². The lowest BCUT2D eigenvalue weighted by Gasteiger charge is -2.01. The van der Waals surface area contributed by atoms with Gasteiger partial charge >= 0.3 is 0 Å². The van der Waals surface area contributed by atoms with Crippen molar-refractivity contribution >= 4 is 17.3 Å². The summed E-state index contributed by atoms with van der Waals surface area (Å²) in [6, 6.07) is 5.25. The van der Waals surface area contributed by atoms with Crippen molar-refractivity contribution in [1.29, 1.82) is 5.41 Å². The molecule has 0 unspecified atom stereocenters. The molecule has 0 fully saturated rings. The summed E-state index contributed by atoms with van der Waals surface area (Å²) >= 11 is 5.91. The van der Waals surface area contributed by atoms with E-state index in [1.54, 1.807) is 24.3 Å². The fraction of sp³-hybridized carbons (Fsp3) is 0.0833. The summed E-state index contributed by atoms with van der Waals surface area (Å²) in [5, 5.41) is 8.17. The largest absolute Gasteiger partial charge is 0.300 e. The Labute approximate surface area is 88.9 Å². The molecular weight excluding hydrogens is 194 g/mol. The van der Waals surface area contributed by atoms with Crippen LogP contribution in [-0.2, 0) is 0 Å². The highest BCUT2D eigenvalue weighted by Crippen LogP contribution is 2.17. The van der Waals surface area contributed by atoms with Gasteiger partial charge in [0.15, 0.2) is 0 Å². The van der Waals surface area contributed by atoms with E-state index in [1.807, 2.05) is 13.0 Å². The van der Waals surface area contributed by atoms with Gasteiger partial charge in [-0.1, -0.05) is 29.7 Å². The Morgan fingerprint density at radius 3 is 2.79 bits per heavy atom. The van der Waals surface area contributed by atoms with Crippen molar-refractivity contribution in [3.05, 3.63) is 46.5 Å². The molecule has 0 atom stereocenters. The quantitative estimate of drug-likeness (QED) is 0.564. The number of halogens is 1. The van der Waals surface area contributed by atoms with Crippen LogP contribution in [0.5, 0.6) is 0 Å². The van der Waals surface area contributed by atoms with Gasteiger partial charge in [-0.15, -0.1) is 6.42 Å². The van der Waals surface area contributed by atoms with Crippen LogP contribution in [-0.4, -0.2) is 5.71 Å². The zero-order valence-electron chi connectivity index (χ0n) is 7.84. The number of nitrogens with one attached hydrogen (secondary N) is 1. The smallest absolute Gasteiger partial charge is 0.0609 e. The molecule has 0 aromatic heterocycles. The first-order chi connectivity index (χ1) is 6.69. The predicted octanol–water partition coefficient (Wildman–Crippen LogP) is 3.27. The molecule has 0 saturated carbocycles. The van der Waals surface area contributed by atoms with Gasteiger partial charge in [0.25, 0.3) is 0 Å². The number of terminal acetylenes is 1. The lowest BCUT2D eigenvalue weighted by molar-refractivity contribution is 1.48. The second kappa shape index (κ2) is 4.64. The standard InChI is InChI=1S/C12H10ClN/c1-3-5-12(14)10-7-6-9(4-2)11(13)8-10/h2-3,5-8,14H,1H3/b5-3-,14-12?. The molecule has 1 aromatic carbocycles. The third-order valence-electron chi connectivity index (χ3n) is 1.77. The van der Waals surface area contributed by atoms with Crippen LogP contribution in [0.1, 0.15) is 18.1 Å². The summed E-state index contributed by atoms with van der Waals surface area (Å²) in [7, 11) is 0. The maximum atomic E-state index is 7.66. The summed E-state index contributed by atoms with van der Waals surface area (Å²) < 4.78 is 0. The average Bonchev–Trinajstić information content (AvgIpc) is 2.18. The van der Waals surface area contributed by atoms with E-state index in [1.165, 1.54) is 0 Å². The Bertz CT molecular complexity index is 424. The third kappa shape index (κ3) is 2.25. The van der Waals surface area contributed by atoms with Crippen LogP contribution in [0.25, 0.3) is 0 Å². The molecule has 0 aliphatic rings. The van der Waals surface area contributed by atoms with Gasteiger partial charge in [0, 0.05) is 11.1 Å². The van der Waals surface area contributed by atoms with E-state index in [0.29, 0.717) is 16.3 Å². The summed E-state index contributed by atoms with van der Waals surface area (Å²) in [5.41, 5.74) is 1.86. The van der Waals surface area contributed by atoms with E-state index in [-0.39, 0.29) is 0 Å². The van der Waals surface area contributed by atoms with E-state index in [2.05, 4.69) is 5.92 Å². The molecule has 2 heteroatoms. The first kappa shape index (κ1) is 10.6. The van der Waals surface area contributed by atoms with Gasteiger partial charge < -0.3 is 5.41 Å². The SMILES string of the molecule is C#Cc1ccc(C(=N)/C=C\C)cc1Cl. The Morgan fingerprint density at radius 1 is 1.57 bits per heavy atom. The molecule has 1 N–H and O–H groups in total. The molecule has 1 nitrogen and oxygen atoms in total. The third-order valence-corrected chi connectivity index (χ3v) is 2.08. The van der Waals surface area contributed by atoms with Crippen LogP contribution in [0.15, 0.2) is 30.4 Å². The highest BCUT2D eigenvalue weighted by molar-refractivity contribution is 6.32. The van der Waals surface area contributed by atoms with E-state index in [9.17, 15) is 0 Å².